The first-order chi connectivity index (χ1) is 14.2. The molecule has 0 amide bonds. The second-order valence-corrected chi connectivity index (χ2v) is 6.64. The zero-order valence-electron chi connectivity index (χ0n) is 16.7. The monoisotopic (exact) mass is 382 g/mol. The van der Waals surface area contributed by atoms with Crippen molar-refractivity contribution in [3.05, 3.63) is 102 Å². The summed E-state index contributed by atoms with van der Waals surface area (Å²) in [7, 11) is 1.65. The van der Waals surface area contributed by atoms with Gasteiger partial charge in [0.1, 0.15) is 23.0 Å². The zero-order chi connectivity index (χ0) is 20.2. The summed E-state index contributed by atoms with van der Waals surface area (Å²) in [5.41, 5.74) is 4.51. The summed E-state index contributed by atoms with van der Waals surface area (Å²) in [4.78, 5) is 9.43. The molecule has 0 spiro atoms. The Morgan fingerprint density at radius 2 is 1.45 bits per heavy atom. The van der Waals surface area contributed by atoms with Crippen molar-refractivity contribution >= 4 is 11.4 Å². The van der Waals surface area contributed by atoms with Gasteiger partial charge in [-0.05, 0) is 26.0 Å². The lowest BCUT2D eigenvalue weighted by Gasteiger charge is -2.13. The van der Waals surface area contributed by atoms with E-state index in [1.54, 1.807) is 11.8 Å². The number of benzene rings is 3. The van der Waals surface area contributed by atoms with Crippen LogP contribution in [0.1, 0.15) is 22.8 Å². The molecule has 1 aromatic heterocycles. The van der Waals surface area contributed by atoms with E-state index in [1.165, 1.54) is 0 Å². The molecule has 0 fully saturated rings. The Hall–Kier alpha value is -3.73. The van der Waals surface area contributed by atoms with Gasteiger partial charge in [0, 0.05) is 11.1 Å². The molecule has 0 unspecified atom stereocenters. The summed E-state index contributed by atoms with van der Waals surface area (Å²) in [6, 6.07) is 26.2. The number of hydrogen-bond acceptors (Lipinski definition) is 4. The normalized spacial score (nSPS) is 10.6. The van der Waals surface area contributed by atoms with Crippen LogP contribution in [-0.2, 0) is 0 Å². The van der Waals surface area contributed by atoms with Crippen molar-refractivity contribution in [2.45, 2.75) is 13.8 Å². The second-order valence-electron chi connectivity index (χ2n) is 6.64. The van der Waals surface area contributed by atoms with Crippen LogP contribution >= 0.6 is 0 Å². The van der Waals surface area contributed by atoms with Gasteiger partial charge in [-0.1, -0.05) is 66.7 Å². The summed E-state index contributed by atoms with van der Waals surface area (Å²) in [5.74, 6) is 2.17. The van der Waals surface area contributed by atoms with Gasteiger partial charge < -0.3 is 4.74 Å². The molecule has 144 valence electrons. The maximum Gasteiger partial charge on any atom is 0.170 e. The quantitative estimate of drug-likeness (QED) is 0.453. The third-order valence-electron chi connectivity index (χ3n) is 4.61. The topological polar surface area (TPSA) is 52.3 Å². The number of aromatic nitrogens is 3. The van der Waals surface area contributed by atoms with Crippen LogP contribution in [0.2, 0.25) is 0 Å². The summed E-state index contributed by atoms with van der Waals surface area (Å²) in [6.07, 6.45) is 0. The summed E-state index contributed by atoms with van der Waals surface area (Å²) >= 11 is 0. The van der Waals surface area contributed by atoms with E-state index < -0.39 is 0 Å². The summed E-state index contributed by atoms with van der Waals surface area (Å²) in [5, 5.41) is 4.50. The van der Waals surface area contributed by atoms with Crippen LogP contribution in [0.4, 0.5) is 5.69 Å². The molecule has 4 aromatic rings. The molecule has 0 aliphatic rings. The Balaban J connectivity index is 1.91. The highest BCUT2D eigenvalue weighted by Crippen LogP contribution is 2.35. The number of hydrogen-bond donors (Lipinski definition) is 0. The smallest absolute Gasteiger partial charge is 0.170 e. The molecular weight excluding hydrogens is 360 g/mol. The number of aryl methyl sites for hydroxylation is 2. The third-order valence-corrected chi connectivity index (χ3v) is 4.61. The minimum Gasteiger partial charge on any atom is -0.492 e. The van der Waals surface area contributed by atoms with Gasteiger partial charge in [-0.15, -0.1) is 0 Å². The summed E-state index contributed by atoms with van der Waals surface area (Å²) in [6.45, 7) is 3.80. The maximum absolute atomic E-state index is 5.77. The Morgan fingerprint density at radius 1 is 0.828 bits per heavy atom. The lowest BCUT2D eigenvalue weighted by Crippen LogP contribution is -2.05. The van der Waals surface area contributed by atoms with E-state index in [2.05, 4.69) is 34.3 Å². The minimum atomic E-state index is 0.657. The van der Waals surface area contributed by atoms with Crippen molar-refractivity contribution in [2.24, 2.45) is 4.99 Å². The molecule has 4 rings (SSSR count). The SMILES string of the molecule is COc1c(N=C(c2ccccc2)c2ccccc2)cccc1-n1nc(C)nc1C. The van der Waals surface area contributed by atoms with Crippen LogP contribution in [0.15, 0.2) is 83.9 Å². The van der Waals surface area contributed by atoms with Crippen molar-refractivity contribution in [3.63, 3.8) is 0 Å². The molecule has 29 heavy (non-hydrogen) atoms. The fraction of sp³-hybridized carbons (Fsp3) is 0.125. The number of ether oxygens (including phenoxy) is 1. The van der Waals surface area contributed by atoms with Crippen molar-refractivity contribution in [1.82, 2.24) is 14.8 Å². The second kappa shape index (κ2) is 8.10. The van der Waals surface area contributed by atoms with E-state index in [0.717, 1.165) is 34.0 Å². The summed E-state index contributed by atoms with van der Waals surface area (Å²) < 4.78 is 7.56. The predicted molar refractivity (Wildman–Crippen MR) is 116 cm³/mol. The number of nitrogens with zero attached hydrogens (tertiary/aromatic N) is 4. The fourth-order valence-corrected chi connectivity index (χ4v) is 3.33. The fourth-order valence-electron chi connectivity index (χ4n) is 3.33. The van der Waals surface area contributed by atoms with Crippen LogP contribution in [-0.4, -0.2) is 27.6 Å². The van der Waals surface area contributed by atoms with Crippen molar-refractivity contribution < 1.29 is 4.74 Å². The lowest BCUT2D eigenvalue weighted by molar-refractivity contribution is 0.413. The van der Waals surface area contributed by atoms with Gasteiger partial charge in [-0.25, -0.2) is 14.7 Å². The molecule has 5 heteroatoms. The van der Waals surface area contributed by atoms with Gasteiger partial charge in [0.25, 0.3) is 0 Å². The molecule has 0 saturated carbocycles. The zero-order valence-corrected chi connectivity index (χ0v) is 16.7. The third kappa shape index (κ3) is 3.80. The maximum atomic E-state index is 5.77. The molecule has 0 N–H and O–H groups in total. The van der Waals surface area contributed by atoms with Crippen LogP contribution in [0.25, 0.3) is 5.69 Å². The number of methoxy groups -OCH3 is 1. The van der Waals surface area contributed by atoms with Crippen LogP contribution < -0.4 is 4.74 Å². The highest BCUT2D eigenvalue weighted by Gasteiger charge is 2.16. The first-order valence-corrected chi connectivity index (χ1v) is 9.44. The highest BCUT2D eigenvalue weighted by molar-refractivity contribution is 6.14. The van der Waals surface area contributed by atoms with Gasteiger partial charge in [0.05, 0.1) is 12.8 Å². The average molecular weight is 382 g/mol. The van der Waals surface area contributed by atoms with E-state index >= 15 is 0 Å². The van der Waals surface area contributed by atoms with E-state index in [-0.39, 0.29) is 0 Å². The number of rotatable bonds is 5. The van der Waals surface area contributed by atoms with Gasteiger partial charge in [-0.2, -0.15) is 5.10 Å². The molecule has 0 aliphatic heterocycles. The van der Waals surface area contributed by atoms with Crippen LogP contribution in [0.5, 0.6) is 5.75 Å². The largest absolute Gasteiger partial charge is 0.492 e. The Bertz CT molecular complexity index is 1110. The molecule has 0 atom stereocenters. The molecule has 1 heterocycles. The van der Waals surface area contributed by atoms with Crippen LogP contribution in [0, 0.1) is 13.8 Å². The van der Waals surface area contributed by atoms with E-state index in [9.17, 15) is 0 Å². The number of aliphatic imine (C=N–C) groups is 1. The van der Waals surface area contributed by atoms with Crippen molar-refractivity contribution in [1.29, 1.82) is 0 Å². The first kappa shape index (κ1) is 18.6. The number of para-hydroxylation sites is 1. The van der Waals surface area contributed by atoms with Gasteiger partial charge in [0.2, 0.25) is 0 Å². The average Bonchev–Trinajstić information content (AvgIpc) is 3.10. The van der Waals surface area contributed by atoms with E-state index in [4.69, 9.17) is 9.73 Å². The minimum absolute atomic E-state index is 0.657. The van der Waals surface area contributed by atoms with Crippen LogP contribution in [0.3, 0.4) is 0 Å². The first-order valence-electron chi connectivity index (χ1n) is 9.44. The molecular formula is C24H22N4O. The molecule has 0 radical (unpaired) electrons. The highest BCUT2D eigenvalue weighted by atomic mass is 16.5. The van der Waals surface area contributed by atoms with Crippen molar-refractivity contribution in [2.75, 3.05) is 7.11 Å². The molecule has 0 saturated heterocycles. The van der Waals surface area contributed by atoms with Gasteiger partial charge in [0.15, 0.2) is 5.75 Å². The molecule has 0 bridgehead atoms. The van der Waals surface area contributed by atoms with E-state index in [0.29, 0.717) is 11.6 Å². The van der Waals surface area contributed by atoms with Gasteiger partial charge >= 0.3 is 0 Å². The molecule has 5 nitrogen and oxygen atoms in total. The molecule has 3 aromatic carbocycles. The Morgan fingerprint density at radius 3 is 1.97 bits per heavy atom. The Kier molecular flexibility index (Phi) is 5.20. The van der Waals surface area contributed by atoms with E-state index in [1.807, 2.05) is 68.4 Å². The molecule has 0 aliphatic carbocycles. The van der Waals surface area contributed by atoms with Gasteiger partial charge in [-0.3, -0.25) is 0 Å². The standard InChI is InChI=1S/C24H22N4O/c1-17-25-18(2)28(27-17)22-16-10-15-21(24(22)29-3)26-23(19-11-6-4-7-12-19)20-13-8-5-9-14-20/h4-16H,1-3H3. The predicted octanol–water partition coefficient (Wildman–Crippen LogP) is 5.06. The lowest BCUT2D eigenvalue weighted by atomic mass is 10.0. The van der Waals surface area contributed by atoms with Crippen molar-refractivity contribution in [3.8, 4) is 11.4 Å². The Labute approximate surface area is 170 Å².